The van der Waals surface area contributed by atoms with Gasteiger partial charge in [0, 0.05) is 54.1 Å². The van der Waals surface area contributed by atoms with Gasteiger partial charge in [-0.3, -0.25) is 15.0 Å². The fourth-order valence-electron chi connectivity index (χ4n) is 6.85. The first kappa shape index (κ1) is 42.4. The fourth-order valence-corrected chi connectivity index (χ4v) is 9.32. The highest BCUT2D eigenvalue weighted by Gasteiger charge is 2.42. The van der Waals surface area contributed by atoms with Crippen LogP contribution in [0.3, 0.4) is 0 Å². The number of fused-ring (bicyclic) bond motifs is 2. The van der Waals surface area contributed by atoms with Crippen LogP contribution in [0.1, 0.15) is 43.2 Å². The van der Waals surface area contributed by atoms with Gasteiger partial charge in [-0.05, 0) is 71.2 Å². The van der Waals surface area contributed by atoms with Crippen LogP contribution in [0.4, 0.5) is 5.82 Å². The van der Waals surface area contributed by atoms with Crippen molar-refractivity contribution < 1.29 is 27.1 Å². The van der Waals surface area contributed by atoms with Crippen molar-refractivity contribution in [2.24, 2.45) is 10.7 Å². The molecule has 6 aromatic rings. The molecule has 1 aliphatic heterocycles. The summed E-state index contributed by atoms with van der Waals surface area (Å²) in [6, 6.07) is 28.1. The SMILES string of the molecule is CN=C1Nc2c(c(-c3ccc4ncc(OCc5ccc(OC)cc5)cc4c3)cn2S(=O)(=O)Cc2ccccc2)C(N)(Cc2cc(OCCO[Si](C)(C)C(C)(C)C)ccn2)N1. The van der Waals surface area contributed by atoms with Gasteiger partial charge in [-0.1, -0.05) is 69.3 Å². The molecule has 15 heteroatoms. The molecule has 0 spiro atoms. The summed E-state index contributed by atoms with van der Waals surface area (Å²) in [6.45, 7) is 12.2. The first-order valence-electron chi connectivity index (χ1n) is 19.8. The monoisotopic (exact) mass is 847 g/mol. The molecule has 0 saturated carbocycles. The molecule has 1 aliphatic rings. The van der Waals surface area contributed by atoms with Crippen LogP contribution in [0, 0.1) is 0 Å². The van der Waals surface area contributed by atoms with E-state index in [1.165, 1.54) is 3.97 Å². The zero-order valence-electron chi connectivity index (χ0n) is 35.2. The van der Waals surface area contributed by atoms with Crippen LogP contribution in [0.5, 0.6) is 17.2 Å². The molecule has 0 fully saturated rings. The number of aliphatic imine (C=N–C) groups is 1. The van der Waals surface area contributed by atoms with E-state index < -0.39 is 24.0 Å². The highest BCUT2D eigenvalue weighted by Crippen LogP contribution is 2.43. The summed E-state index contributed by atoms with van der Waals surface area (Å²) in [4.78, 5) is 13.7. The number of benzene rings is 3. The van der Waals surface area contributed by atoms with Gasteiger partial charge in [-0.25, -0.2) is 12.4 Å². The minimum atomic E-state index is -3.99. The van der Waals surface area contributed by atoms with E-state index in [9.17, 15) is 8.42 Å². The van der Waals surface area contributed by atoms with Gasteiger partial charge in [0.25, 0.3) is 0 Å². The van der Waals surface area contributed by atoms with Gasteiger partial charge in [-0.2, -0.15) is 0 Å². The number of pyridine rings is 2. The third-order valence-corrected chi connectivity index (χ3v) is 17.2. The van der Waals surface area contributed by atoms with Gasteiger partial charge in [0.05, 0.1) is 31.2 Å². The van der Waals surface area contributed by atoms with Gasteiger partial charge in [0.1, 0.15) is 41.9 Å². The van der Waals surface area contributed by atoms with Gasteiger partial charge in [0.15, 0.2) is 14.3 Å². The second-order valence-corrected chi connectivity index (χ2v) is 23.1. The molecule has 0 amide bonds. The molecule has 0 aliphatic carbocycles. The maximum atomic E-state index is 14.4. The maximum absolute atomic E-state index is 14.4. The molecule has 7 rings (SSSR count). The number of nitrogens with one attached hydrogen (secondary N) is 2. The molecule has 0 saturated heterocycles. The molecule has 3 aromatic heterocycles. The largest absolute Gasteiger partial charge is 0.497 e. The summed E-state index contributed by atoms with van der Waals surface area (Å²) in [5.74, 6) is 2.33. The van der Waals surface area contributed by atoms with E-state index in [-0.39, 0.29) is 23.0 Å². The molecule has 0 bridgehead atoms. The lowest BCUT2D eigenvalue weighted by Gasteiger charge is -2.38. The average Bonchev–Trinajstić information content (AvgIpc) is 3.63. The summed E-state index contributed by atoms with van der Waals surface area (Å²) in [5.41, 5.74) is 10.9. The average molecular weight is 848 g/mol. The quantitative estimate of drug-likeness (QED) is 0.0682. The van der Waals surface area contributed by atoms with Gasteiger partial charge in [0.2, 0.25) is 10.0 Å². The number of ether oxygens (including phenoxy) is 3. The summed E-state index contributed by atoms with van der Waals surface area (Å²) >= 11 is 0. The molecule has 1 unspecified atom stereocenters. The van der Waals surface area contributed by atoms with E-state index >= 15 is 0 Å². The Morgan fingerprint density at radius 1 is 0.883 bits per heavy atom. The molecule has 314 valence electrons. The van der Waals surface area contributed by atoms with Crippen molar-refractivity contribution in [3.63, 3.8) is 0 Å². The van der Waals surface area contributed by atoms with Crippen molar-refractivity contribution >= 4 is 41.0 Å². The Morgan fingerprint density at radius 3 is 2.37 bits per heavy atom. The van der Waals surface area contributed by atoms with Crippen LogP contribution < -0.4 is 30.6 Å². The number of aromatic nitrogens is 3. The first-order valence-corrected chi connectivity index (χ1v) is 24.3. The van der Waals surface area contributed by atoms with E-state index in [2.05, 4.69) is 59.5 Å². The van der Waals surface area contributed by atoms with E-state index in [1.807, 2.05) is 72.8 Å². The van der Waals surface area contributed by atoms with Crippen LogP contribution in [0.2, 0.25) is 18.1 Å². The van der Waals surface area contributed by atoms with Crippen LogP contribution in [-0.2, 0) is 38.9 Å². The second-order valence-electron chi connectivity index (χ2n) is 16.4. The summed E-state index contributed by atoms with van der Waals surface area (Å²) < 4.78 is 54.0. The summed E-state index contributed by atoms with van der Waals surface area (Å²) in [6.07, 6.45) is 5.16. The molecule has 60 heavy (non-hydrogen) atoms. The molecule has 4 N–H and O–H groups in total. The zero-order valence-corrected chi connectivity index (χ0v) is 37.0. The lowest BCUT2D eigenvalue weighted by atomic mass is 9.88. The summed E-state index contributed by atoms with van der Waals surface area (Å²) in [7, 11) is -2.69. The van der Waals surface area contributed by atoms with E-state index in [0.717, 1.165) is 27.8 Å². The topological polar surface area (TPSA) is 164 Å². The standard InChI is InChI=1S/C45H53N7O6SSi/c1-44(2,3)60(6,7)58-22-21-56-37-19-20-48-35(25-37)26-45(46)41-39(28-52(42(41)50-43(47-4)51-45)59(53,54)30-32-11-9-8-10-12-32)33-15-18-40-34(23-33)24-38(27-49-40)57-29-31-13-16-36(55-5)17-14-31/h8-20,23-25,27-28H,21-22,26,29-30,46H2,1-7H3,(H2,47,50,51). The number of rotatable bonds is 15. The van der Waals surface area contributed by atoms with Crippen molar-refractivity contribution in [2.75, 3.05) is 32.7 Å². The minimum Gasteiger partial charge on any atom is -0.497 e. The molecule has 1 atom stereocenters. The maximum Gasteiger partial charge on any atom is 0.244 e. The number of nitrogens with two attached hydrogens (primary N) is 1. The van der Waals surface area contributed by atoms with Gasteiger partial charge >= 0.3 is 0 Å². The second kappa shape index (κ2) is 17.1. The summed E-state index contributed by atoms with van der Waals surface area (Å²) in [5, 5.41) is 7.50. The Morgan fingerprint density at radius 2 is 1.65 bits per heavy atom. The third kappa shape index (κ3) is 9.34. The zero-order chi connectivity index (χ0) is 42.7. The van der Waals surface area contributed by atoms with Crippen molar-refractivity contribution in [3.05, 3.63) is 132 Å². The van der Waals surface area contributed by atoms with Crippen LogP contribution in [-0.4, -0.2) is 64.0 Å². The molecule has 0 radical (unpaired) electrons. The molecule has 4 heterocycles. The Kier molecular flexibility index (Phi) is 12.1. The first-order chi connectivity index (χ1) is 28.6. The fraction of sp³-hybridized carbons (Fsp3) is 0.311. The predicted octanol–water partition coefficient (Wildman–Crippen LogP) is 7.82. The van der Waals surface area contributed by atoms with Crippen molar-refractivity contribution in [1.29, 1.82) is 0 Å². The Bertz CT molecular complexity index is 2610. The van der Waals surface area contributed by atoms with Gasteiger partial charge in [-0.15, -0.1) is 0 Å². The van der Waals surface area contributed by atoms with Gasteiger partial charge < -0.3 is 35.0 Å². The third-order valence-electron chi connectivity index (χ3n) is 11.1. The van der Waals surface area contributed by atoms with Crippen LogP contribution >= 0.6 is 0 Å². The number of hydrogen-bond acceptors (Lipinski definition) is 10. The van der Waals surface area contributed by atoms with E-state index in [0.29, 0.717) is 59.7 Å². The molecule has 3 aromatic carbocycles. The number of methoxy groups -OCH3 is 1. The molecular weight excluding hydrogens is 795 g/mol. The number of guanidine groups is 1. The van der Waals surface area contributed by atoms with Crippen LogP contribution in [0.15, 0.2) is 115 Å². The Labute approximate surface area is 353 Å². The Hall–Kier alpha value is -5.74. The van der Waals surface area contributed by atoms with Crippen LogP contribution in [0.25, 0.3) is 22.0 Å². The smallest absolute Gasteiger partial charge is 0.244 e. The van der Waals surface area contributed by atoms with E-state index in [4.69, 9.17) is 24.4 Å². The predicted molar refractivity (Wildman–Crippen MR) is 240 cm³/mol. The normalized spacial score (nSPS) is 16.2. The van der Waals surface area contributed by atoms with Crippen molar-refractivity contribution in [1.82, 2.24) is 19.3 Å². The Balaban J connectivity index is 1.25. The molecule has 13 nitrogen and oxygen atoms in total. The number of hydrogen-bond donors (Lipinski definition) is 3. The van der Waals surface area contributed by atoms with E-state index in [1.54, 1.807) is 50.9 Å². The highest BCUT2D eigenvalue weighted by molar-refractivity contribution is 7.89. The highest BCUT2D eigenvalue weighted by atomic mass is 32.2. The number of anilines is 1. The lowest BCUT2D eigenvalue weighted by Crippen LogP contribution is -2.59. The minimum absolute atomic E-state index is 0.0891. The number of nitrogens with zero attached hydrogens (tertiary/aromatic N) is 4. The lowest BCUT2D eigenvalue weighted by molar-refractivity contribution is 0.203. The van der Waals surface area contributed by atoms with Crippen molar-refractivity contribution in [3.8, 4) is 28.4 Å². The van der Waals surface area contributed by atoms with Crippen molar-refractivity contribution in [2.45, 2.75) is 63.3 Å². The molecular formula is C45H53N7O6SSi.